The van der Waals surface area contributed by atoms with E-state index in [9.17, 15) is 14.7 Å². The first kappa shape index (κ1) is 24.2. The van der Waals surface area contributed by atoms with Crippen molar-refractivity contribution in [1.82, 2.24) is 4.57 Å². The average Bonchev–Trinajstić information content (AvgIpc) is 2.95. The smallest absolute Gasteiger partial charge is 0.261 e. The molecular formula is C32H29NO5. The maximum atomic E-state index is 13.2. The lowest BCUT2D eigenvalue weighted by molar-refractivity contribution is 0.278. The standard InChI is InChI=1S/C32H29NO5/c1-2-3-4-18-37-22-9-6-20(7-10-22)21-8-14-27-26(19-21)23-11-12-24-29-25(13-15-28(38-27)30(23)29)32(36)33(31(24)35)16-5-17-34/h6-15,19,34H,2-5,16-18H2,1H3. The Balaban J connectivity index is 1.48. The molecule has 0 saturated carbocycles. The predicted molar refractivity (Wildman–Crippen MR) is 153 cm³/mol. The highest BCUT2D eigenvalue weighted by Crippen LogP contribution is 2.38. The number of rotatable bonds is 9. The average molecular weight is 508 g/mol. The summed E-state index contributed by atoms with van der Waals surface area (Å²) < 4.78 is 13.4. The lowest BCUT2D eigenvalue weighted by Gasteiger charge is -2.14. The van der Waals surface area contributed by atoms with E-state index in [0.29, 0.717) is 28.2 Å². The Labute approximate surface area is 219 Å². The fraction of sp³-hybridized carbons (Fsp3) is 0.250. The quantitative estimate of drug-likeness (QED) is 0.138. The molecule has 0 aliphatic carbocycles. The van der Waals surface area contributed by atoms with Crippen LogP contribution in [-0.2, 0) is 6.54 Å². The van der Waals surface area contributed by atoms with Gasteiger partial charge in [0.2, 0.25) is 0 Å². The van der Waals surface area contributed by atoms with Gasteiger partial charge in [-0.05, 0) is 71.8 Å². The van der Waals surface area contributed by atoms with E-state index in [1.165, 1.54) is 17.4 Å². The lowest BCUT2D eigenvalue weighted by Crippen LogP contribution is -2.33. The van der Waals surface area contributed by atoms with Crippen LogP contribution in [0.15, 0.2) is 80.7 Å². The maximum Gasteiger partial charge on any atom is 0.261 e. The summed E-state index contributed by atoms with van der Waals surface area (Å²) in [7, 11) is 0. The van der Waals surface area contributed by atoms with E-state index in [1.807, 2.05) is 30.3 Å². The van der Waals surface area contributed by atoms with E-state index >= 15 is 0 Å². The minimum Gasteiger partial charge on any atom is -0.494 e. The molecule has 38 heavy (non-hydrogen) atoms. The summed E-state index contributed by atoms with van der Waals surface area (Å²) >= 11 is 0. The van der Waals surface area contributed by atoms with Gasteiger partial charge in [0.05, 0.1) is 6.61 Å². The molecule has 4 aromatic carbocycles. The Morgan fingerprint density at radius 2 is 1.42 bits per heavy atom. The molecule has 0 amide bonds. The van der Waals surface area contributed by atoms with Crippen molar-refractivity contribution in [2.75, 3.05) is 13.2 Å². The number of aliphatic hydroxyl groups is 1. The molecule has 0 saturated heterocycles. The van der Waals surface area contributed by atoms with Gasteiger partial charge in [-0.1, -0.05) is 44.0 Å². The largest absolute Gasteiger partial charge is 0.494 e. The second kappa shape index (κ2) is 9.95. The number of pyridine rings is 1. The van der Waals surface area contributed by atoms with Crippen LogP contribution < -0.4 is 15.9 Å². The summed E-state index contributed by atoms with van der Waals surface area (Å²) in [5.74, 6) is 0.863. The van der Waals surface area contributed by atoms with Crippen molar-refractivity contribution < 1.29 is 14.3 Å². The van der Waals surface area contributed by atoms with Crippen molar-refractivity contribution in [3.63, 3.8) is 0 Å². The van der Waals surface area contributed by atoms with Crippen LogP contribution in [0.1, 0.15) is 32.6 Å². The summed E-state index contributed by atoms with van der Waals surface area (Å²) in [6, 6.07) is 21.5. The first-order valence-corrected chi connectivity index (χ1v) is 13.2. The molecule has 6 heteroatoms. The topological polar surface area (TPSA) is 81.7 Å². The van der Waals surface area contributed by atoms with Gasteiger partial charge < -0.3 is 14.3 Å². The van der Waals surface area contributed by atoms with Crippen molar-refractivity contribution in [2.24, 2.45) is 0 Å². The monoisotopic (exact) mass is 507 g/mol. The zero-order chi connectivity index (χ0) is 26.2. The number of fused-ring (bicyclic) bond motifs is 2. The van der Waals surface area contributed by atoms with Crippen molar-refractivity contribution in [1.29, 1.82) is 0 Å². The van der Waals surface area contributed by atoms with Crippen LogP contribution in [0.3, 0.4) is 0 Å². The number of hydrogen-bond acceptors (Lipinski definition) is 5. The molecule has 0 bridgehead atoms. The van der Waals surface area contributed by atoms with Gasteiger partial charge in [0.15, 0.2) is 0 Å². The van der Waals surface area contributed by atoms with Crippen LogP contribution in [-0.4, -0.2) is 22.9 Å². The molecule has 2 heterocycles. The van der Waals surface area contributed by atoms with Gasteiger partial charge in [-0.2, -0.15) is 0 Å². The van der Waals surface area contributed by atoms with E-state index in [0.717, 1.165) is 51.6 Å². The molecule has 6 rings (SSSR count). The highest BCUT2D eigenvalue weighted by Gasteiger charge is 2.19. The van der Waals surface area contributed by atoms with Gasteiger partial charge in [0.1, 0.15) is 16.9 Å². The minimum atomic E-state index is -0.337. The van der Waals surface area contributed by atoms with Crippen molar-refractivity contribution in [3.8, 4) is 16.9 Å². The number of aliphatic hydroxyl groups excluding tert-OH is 1. The molecule has 0 atom stereocenters. The molecule has 0 aliphatic heterocycles. The third-order valence-electron chi connectivity index (χ3n) is 7.31. The number of ether oxygens (including phenoxy) is 1. The van der Waals surface area contributed by atoms with E-state index in [4.69, 9.17) is 9.15 Å². The second-order valence-corrected chi connectivity index (χ2v) is 9.75. The van der Waals surface area contributed by atoms with E-state index in [2.05, 4.69) is 25.1 Å². The fourth-order valence-corrected chi connectivity index (χ4v) is 5.36. The zero-order valence-electron chi connectivity index (χ0n) is 21.3. The van der Waals surface area contributed by atoms with Gasteiger partial charge in [-0.3, -0.25) is 14.2 Å². The number of aromatic nitrogens is 1. The number of benzene rings is 4. The number of hydrogen-bond donors (Lipinski definition) is 1. The van der Waals surface area contributed by atoms with Gasteiger partial charge in [0.25, 0.3) is 11.1 Å². The van der Waals surface area contributed by atoms with Gasteiger partial charge >= 0.3 is 0 Å². The Morgan fingerprint density at radius 1 is 0.737 bits per heavy atom. The molecular weight excluding hydrogens is 478 g/mol. The Morgan fingerprint density at radius 3 is 2.16 bits per heavy atom. The third kappa shape index (κ3) is 4.02. The lowest BCUT2D eigenvalue weighted by atomic mass is 9.95. The van der Waals surface area contributed by atoms with Crippen molar-refractivity contribution >= 4 is 43.5 Å². The molecule has 2 aromatic heterocycles. The zero-order valence-corrected chi connectivity index (χ0v) is 21.3. The fourth-order valence-electron chi connectivity index (χ4n) is 5.36. The second-order valence-electron chi connectivity index (χ2n) is 9.75. The van der Waals surface area contributed by atoms with Crippen LogP contribution in [0.4, 0.5) is 0 Å². The molecule has 0 aliphatic rings. The summed E-state index contributed by atoms with van der Waals surface area (Å²) in [6.07, 6.45) is 3.73. The Bertz CT molecular complexity index is 1850. The van der Waals surface area contributed by atoms with E-state index < -0.39 is 0 Å². The van der Waals surface area contributed by atoms with E-state index in [1.54, 1.807) is 18.2 Å². The molecule has 0 fully saturated rings. The summed E-state index contributed by atoms with van der Waals surface area (Å²) in [5.41, 5.74) is 2.80. The van der Waals surface area contributed by atoms with Crippen LogP contribution in [0.5, 0.6) is 5.75 Å². The molecule has 0 radical (unpaired) electrons. The predicted octanol–water partition coefficient (Wildman–Crippen LogP) is 6.47. The molecule has 6 nitrogen and oxygen atoms in total. The normalized spacial score (nSPS) is 11.8. The molecule has 0 unspecified atom stereocenters. The number of nitrogens with zero attached hydrogens (tertiary/aromatic N) is 1. The van der Waals surface area contributed by atoms with E-state index in [-0.39, 0.29) is 24.3 Å². The SMILES string of the molecule is CCCCCOc1ccc(-c2ccc3oc4ccc5c(=O)n(CCCO)c(=O)c6ccc(c3c2)c4c56)cc1. The van der Waals surface area contributed by atoms with Crippen LogP contribution >= 0.6 is 0 Å². The molecule has 6 aromatic rings. The summed E-state index contributed by atoms with van der Waals surface area (Å²) in [5, 5.41) is 13.5. The Kier molecular flexibility index (Phi) is 6.34. The van der Waals surface area contributed by atoms with Gasteiger partial charge in [-0.15, -0.1) is 0 Å². The van der Waals surface area contributed by atoms with Crippen LogP contribution in [0.2, 0.25) is 0 Å². The highest BCUT2D eigenvalue weighted by atomic mass is 16.5. The first-order valence-electron chi connectivity index (χ1n) is 13.2. The summed E-state index contributed by atoms with van der Waals surface area (Å²) in [6.45, 7) is 3.00. The Hall–Kier alpha value is -4.16. The van der Waals surface area contributed by atoms with Gasteiger partial charge in [-0.25, -0.2) is 0 Å². The van der Waals surface area contributed by atoms with Crippen molar-refractivity contribution in [2.45, 2.75) is 39.2 Å². The van der Waals surface area contributed by atoms with Crippen LogP contribution in [0, 0.1) is 0 Å². The summed E-state index contributed by atoms with van der Waals surface area (Å²) in [4.78, 5) is 26.5. The molecule has 0 spiro atoms. The number of unbranched alkanes of at least 4 members (excludes halogenated alkanes) is 2. The molecule has 1 N–H and O–H groups in total. The first-order chi connectivity index (χ1) is 18.6. The van der Waals surface area contributed by atoms with Crippen molar-refractivity contribution in [3.05, 3.63) is 87.4 Å². The third-order valence-corrected chi connectivity index (χ3v) is 7.31. The maximum absolute atomic E-state index is 13.2. The molecule has 192 valence electrons. The van der Waals surface area contributed by atoms with Gasteiger partial charge in [0, 0.05) is 40.1 Å². The van der Waals surface area contributed by atoms with Crippen LogP contribution in [0.25, 0.3) is 54.6 Å². The highest BCUT2D eigenvalue weighted by molar-refractivity contribution is 6.26. The minimum absolute atomic E-state index is 0.0845.